The molecule has 4 rings (SSSR count). The van der Waals surface area contributed by atoms with Crippen LogP contribution in [0.15, 0.2) is 27.4 Å². The van der Waals surface area contributed by atoms with Crippen LogP contribution in [0.2, 0.25) is 0 Å². The van der Waals surface area contributed by atoms with Crippen molar-refractivity contribution in [3.8, 4) is 0 Å². The van der Waals surface area contributed by atoms with E-state index in [0.29, 0.717) is 5.92 Å². The monoisotopic (exact) mass is 356 g/mol. The van der Waals surface area contributed by atoms with Gasteiger partial charge in [-0.3, -0.25) is 4.99 Å². The van der Waals surface area contributed by atoms with Gasteiger partial charge < -0.3 is 5.32 Å². The summed E-state index contributed by atoms with van der Waals surface area (Å²) in [5.74, 6) is 1.40. The molecule has 0 radical (unpaired) electrons. The number of rotatable bonds is 7. The molecule has 1 N–H and O–H groups in total. The van der Waals surface area contributed by atoms with Gasteiger partial charge in [-0.05, 0) is 44.1 Å². The molecule has 3 heterocycles. The lowest BCUT2D eigenvalue weighted by Gasteiger charge is -2.26. The number of nitrogens with zero attached hydrogens (tertiary/aromatic N) is 3. The van der Waals surface area contributed by atoms with Crippen molar-refractivity contribution < 1.29 is 0 Å². The topological polar surface area (TPSA) is 50.2 Å². The Morgan fingerprint density at radius 3 is 2.88 bits per heavy atom. The minimum absolute atomic E-state index is 0.280. The molecule has 1 aliphatic carbocycles. The van der Waals surface area contributed by atoms with Crippen molar-refractivity contribution in [3.05, 3.63) is 23.2 Å². The van der Waals surface area contributed by atoms with E-state index >= 15 is 0 Å². The molecule has 0 saturated carbocycles. The molecule has 0 bridgehead atoms. The Kier molecular flexibility index (Phi) is 5.11. The molecule has 0 fully saturated rings. The van der Waals surface area contributed by atoms with Gasteiger partial charge in [-0.25, -0.2) is 9.97 Å². The fourth-order valence-electron chi connectivity index (χ4n) is 4.23. The first-order valence-electron chi connectivity index (χ1n) is 9.87. The van der Waals surface area contributed by atoms with Gasteiger partial charge in [-0.15, -0.1) is 0 Å². The van der Waals surface area contributed by atoms with Gasteiger partial charge in [0.1, 0.15) is 17.5 Å². The van der Waals surface area contributed by atoms with E-state index in [2.05, 4.69) is 24.1 Å². The Balaban J connectivity index is 1.65. The zero-order chi connectivity index (χ0) is 17.2. The molecule has 0 unspecified atom stereocenters. The molecule has 0 saturated heterocycles. The standard InChI is InChI=1S/C20H28N4S/c1-3-5-10-15-13-8-7-9-14(13)16-17-18(25-20(16)24-15)19(23-12-22-17)21-11-6-4-2/h12,16,20H,3-11H2,1-2H3,(H,21,22,23)/t16-,20-/m0/s1. The summed E-state index contributed by atoms with van der Waals surface area (Å²) < 4.78 is 0. The third-order valence-corrected chi connectivity index (χ3v) is 6.76. The summed E-state index contributed by atoms with van der Waals surface area (Å²) in [5.41, 5.74) is 5.82. The highest BCUT2D eigenvalue weighted by Crippen LogP contribution is 2.55. The van der Waals surface area contributed by atoms with Crippen molar-refractivity contribution in [2.24, 2.45) is 4.99 Å². The SMILES string of the molecule is CCCCNc1ncnc2c1S[C@@H]1N=C(CCCC)C3=C(CCC3)[C@@H]21. The lowest BCUT2D eigenvalue weighted by atomic mass is 9.87. The maximum Gasteiger partial charge on any atom is 0.143 e. The lowest BCUT2D eigenvalue weighted by Crippen LogP contribution is -2.21. The van der Waals surface area contributed by atoms with Crippen molar-refractivity contribution >= 4 is 23.3 Å². The first-order valence-corrected chi connectivity index (χ1v) is 10.8. The predicted molar refractivity (Wildman–Crippen MR) is 106 cm³/mol. The van der Waals surface area contributed by atoms with Crippen LogP contribution >= 0.6 is 11.8 Å². The Hall–Kier alpha value is -1.36. The van der Waals surface area contributed by atoms with Crippen molar-refractivity contribution in [2.45, 2.75) is 81.4 Å². The van der Waals surface area contributed by atoms with Crippen LogP contribution in [-0.2, 0) is 0 Å². The molecule has 0 spiro atoms. The van der Waals surface area contributed by atoms with Gasteiger partial charge in [0.2, 0.25) is 0 Å². The summed E-state index contributed by atoms with van der Waals surface area (Å²) in [7, 11) is 0. The van der Waals surface area contributed by atoms with E-state index in [0.717, 1.165) is 18.8 Å². The van der Waals surface area contributed by atoms with E-state index in [1.807, 2.05) is 11.8 Å². The van der Waals surface area contributed by atoms with Gasteiger partial charge in [0.15, 0.2) is 0 Å². The predicted octanol–water partition coefficient (Wildman–Crippen LogP) is 5.33. The molecule has 2 atom stereocenters. The number of allylic oxidation sites excluding steroid dienone is 1. The highest BCUT2D eigenvalue weighted by molar-refractivity contribution is 8.00. The second-order valence-electron chi connectivity index (χ2n) is 7.24. The number of aliphatic imine (C=N–C) groups is 1. The van der Waals surface area contributed by atoms with Crippen LogP contribution in [0.1, 0.15) is 76.8 Å². The zero-order valence-corrected chi connectivity index (χ0v) is 16.2. The van der Waals surface area contributed by atoms with Crippen LogP contribution in [0.4, 0.5) is 5.82 Å². The van der Waals surface area contributed by atoms with E-state index < -0.39 is 0 Å². The van der Waals surface area contributed by atoms with Gasteiger partial charge >= 0.3 is 0 Å². The Morgan fingerprint density at radius 2 is 2.04 bits per heavy atom. The van der Waals surface area contributed by atoms with Gasteiger partial charge in [-0.1, -0.05) is 44.0 Å². The van der Waals surface area contributed by atoms with Crippen LogP contribution in [0.3, 0.4) is 0 Å². The fraction of sp³-hybridized carbons (Fsp3) is 0.650. The first kappa shape index (κ1) is 17.1. The molecule has 0 amide bonds. The van der Waals surface area contributed by atoms with Crippen molar-refractivity contribution in [1.82, 2.24) is 9.97 Å². The quantitative estimate of drug-likeness (QED) is 0.671. The molecule has 4 nitrogen and oxygen atoms in total. The smallest absolute Gasteiger partial charge is 0.143 e. The molecule has 1 aromatic heterocycles. The summed E-state index contributed by atoms with van der Waals surface area (Å²) in [6.07, 6.45) is 11.5. The van der Waals surface area contributed by atoms with E-state index in [4.69, 9.17) is 9.98 Å². The molecular formula is C20H28N4S. The van der Waals surface area contributed by atoms with Gasteiger partial charge in [-0.2, -0.15) is 0 Å². The lowest BCUT2D eigenvalue weighted by molar-refractivity contribution is 0.694. The van der Waals surface area contributed by atoms with E-state index in [1.165, 1.54) is 61.2 Å². The number of aromatic nitrogens is 2. The Labute approximate surface area is 155 Å². The van der Waals surface area contributed by atoms with Gasteiger partial charge in [0.25, 0.3) is 0 Å². The van der Waals surface area contributed by atoms with Crippen LogP contribution in [-0.4, -0.2) is 27.6 Å². The third-order valence-electron chi connectivity index (χ3n) is 5.51. The normalized spacial score (nSPS) is 24.0. The third kappa shape index (κ3) is 3.12. The summed E-state index contributed by atoms with van der Waals surface area (Å²) in [6, 6.07) is 0. The minimum atomic E-state index is 0.280. The molecule has 5 heteroatoms. The van der Waals surface area contributed by atoms with Crippen molar-refractivity contribution in [2.75, 3.05) is 11.9 Å². The fourth-order valence-corrected chi connectivity index (χ4v) is 5.62. The second kappa shape index (κ2) is 7.48. The van der Waals surface area contributed by atoms with E-state index in [1.54, 1.807) is 17.5 Å². The number of fused-ring (bicyclic) bond motifs is 4. The highest BCUT2D eigenvalue weighted by Gasteiger charge is 2.43. The first-order chi connectivity index (χ1) is 12.3. The average Bonchev–Trinajstić information content (AvgIpc) is 3.24. The van der Waals surface area contributed by atoms with Gasteiger partial charge in [0.05, 0.1) is 16.5 Å². The highest BCUT2D eigenvalue weighted by atomic mass is 32.2. The van der Waals surface area contributed by atoms with Crippen molar-refractivity contribution in [3.63, 3.8) is 0 Å². The Morgan fingerprint density at radius 1 is 1.16 bits per heavy atom. The second-order valence-corrected chi connectivity index (χ2v) is 8.37. The van der Waals surface area contributed by atoms with Crippen LogP contribution < -0.4 is 5.32 Å². The molecule has 25 heavy (non-hydrogen) atoms. The largest absolute Gasteiger partial charge is 0.369 e. The summed E-state index contributed by atoms with van der Waals surface area (Å²) in [5, 5.41) is 3.80. The van der Waals surface area contributed by atoms with Crippen LogP contribution in [0.5, 0.6) is 0 Å². The molecule has 1 aromatic rings. The average molecular weight is 357 g/mol. The number of thioether (sulfide) groups is 1. The number of nitrogens with one attached hydrogen (secondary N) is 1. The number of unbranched alkanes of at least 4 members (excludes halogenated alkanes) is 2. The maximum absolute atomic E-state index is 5.20. The summed E-state index contributed by atoms with van der Waals surface area (Å²) in [6.45, 7) is 5.46. The Bertz CT molecular complexity index is 710. The molecule has 0 aromatic carbocycles. The number of anilines is 1. The molecule has 3 aliphatic rings. The van der Waals surface area contributed by atoms with E-state index in [-0.39, 0.29) is 5.37 Å². The molecular weight excluding hydrogens is 328 g/mol. The van der Waals surface area contributed by atoms with E-state index in [9.17, 15) is 0 Å². The maximum atomic E-state index is 5.20. The van der Waals surface area contributed by atoms with Gasteiger partial charge in [0, 0.05) is 12.3 Å². The molecule has 2 aliphatic heterocycles. The zero-order valence-electron chi connectivity index (χ0n) is 15.3. The number of hydrogen-bond acceptors (Lipinski definition) is 5. The number of hydrogen-bond donors (Lipinski definition) is 1. The molecule has 134 valence electrons. The van der Waals surface area contributed by atoms with Crippen LogP contribution in [0, 0.1) is 0 Å². The summed E-state index contributed by atoms with van der Waals surface area (Å²) >= 11 is 1.88. The summed E-state index contributed by atoms with van der Waals surface area (Å²) in [4.78, 5) is 15.7. The number of dihydropyridines is 1. The van der Waals surface area contributed by atoms with Crippen LogP contribution in [0.25, 0.3) is 0 Å². The van der Waals surface area contributed by atoms with Crippen molar-refractivity contribution in [1.29, 1.82) is 0 Å². The minimum Gasteiger partial charge on any atom is -0.369 e.